The van der Waals surface area contributed by atoms with Crippen molar-refractivity contribution in [2.45, 2.75) is 12.8 Å². The number of primary amides is 1. The molecule has 7 heteroatoms. The molecule has 2 amide bonds. The highest BCUT2D eigenvalue weighted by molar-refractivity contribution is 6.31. The number of rotatable bonds is 5. The summed E-state index contributed by atoms with van der Waals surface area (Å²) in [6.07, 6.45) is 1.47. The minimum Gasteiger partial charge on any atom is -0.495 e. The van der Waals surface area contributed by atoms with E-state index in [1.165, 1.54) is 0 Å². The molecule has 0 saturated carbocycles. The molecule has 1 fully saturated rings. The highest BCUT2D eigenvalue weighted by atomic mass is 35.5. The first kappa shape index (κ1) is 16.6. The molecule has 0 atom stereocenters. The van der Waals surface area contributed by atoms with Crippen molar-refractivity contribution in [1.82, 2.24) is 0 Å². The van der Waals surface area contributed by atoms with Crippen LogP contribution in [-0.4, -0.2) is 38.6 Å². The summed E-state index contributed by atoms with van der Waals surface area (Å²) in [6, 6.07) is 5.08. The molecule has 120 valence electrons. The summed E-state index contributed by atoms with van der Waals surface area (Å²) in [5, 5.41) is 3.36. The van der Waals surface area contributed by atoms with Crippen LogP contribution in [0.1, 0.15) is 12.8 Å². The Bertz CT molecular complexity index is 557. The maximum Gasteiger partial charge on any atom is 0.279 e. The van der Waals surface area contributed by atoms with Gasteiger partial charge in [-0.15, -0.1) is 0 Å². The van der Waals surface area contributed by atoms with Crippen molar-refractivity contribution < 1.29 is 19.2 Å². The van der Waals surface area contributed by atoms with Gasteiger partial charge in [0.1, 0.15) is 5.75 Å². The second kappa shape index (κ2) is 7.47. The number of halogens is 1. The first-order chi connectivity index (χ1) is 10.5. The van der Waals surface area contributed by atoms with Gasteiger partial charge < -0.3 is 20.7 Å². The van der Waals surface area contributed by atoms with Crippen molar-refractivity contribution >= 4 is 29.1 Å². The van der Waals surface area contributed by atoms with Crippen molar-refractivity contribution in [1.29, 1.82) is 0 Å². The first-order valence-electron chi connectivity index (χ1n) is 7.26. The molecule has 1 aliphatic rings. The molecule has 22 heavy (non-hydrogen) atoms. The average molecular weight is 327 g/mol. The van der Waals surface area contributed by atoms with Gasteiger partial charge in [0, 0.05) is 23.8 Å². The largest absolute Gasteiger partial charge is 0.495 e. The van der Waals surface area contributed by atoms with E-state index in [0.29, 0.717) is 23.0 Å². The van der Waals surface area contributed by atoms with Crippen LogP contribution in [0.15, 0.2) is 18.2 Å². The van der Waals surface area contributed by atoms with E-state index in [9.17, 15) is 9.59 Å². The van der Waals surface area contributed by atoms with E-state index >= 15 is 0 Å². The van der Waals surface area contributed by atoms with Crippen molar-refractivity contribution in [3.63, 3.8) is 0 Å². The van der Waals surface area contributed by atoms with Crippen molar-refractivity contribution in [3.05, 3.63) is 23.2 Å². The van der Waals surface area contributed by atoms with Gasteiger partial charge in [-0.25, -0.2) is 0 Å². The molecule has 1 heterocycles. The lowest BCUT2D eigenvalue weighted by Gasteiger charge is -2.27. The molecule has 0 radical (unpaired) electrons. The Morgan fingerprint density at radius 3 is 2.68 bits per heavy atom. The van der Waals surface area contributed by atoms with Gasteiger partial charge in [0.2, 0.25) is 5.91 Å². The molecule has 6 nitrogen and oxygen atoms in total. The molecule has 1 aliphatic heterocycles. The summed E-state index contributed by atoms with van der Waals surface area (Å²) in [7, 11) is 1.54. The quantitative estimate of drug-likeness (QED) is 0.715. The molecule has 0 spiro atoms. The molecule has 2 rings (SSSR count). The minimum atomic E-state index is -0.243. The first-order valence-corrected chi connectivity index (χ1v) is 7.63. The fraction of sp³-hybridized carbons (Fsp3) is 0.467. The van der Waals surface area contributed by atoms with Gasteiger partial charge in [-0.1, -0.05) is 11.6 Å². The molecular weight excluding hydrogens is 306 g/mol. The molecule has 0 unspecified atom stereocenters. The zero-order valence-electron chi connectivity index (χ0n) is 12.5. The third-order valence-electron chi connectivity index (χ3n) is 3.94. The molecule has 0 aliphatic carbocycles. The maximum atomic E-state index is 12.2. The molecule has 1 aromatic carbocycles. The molecular formula is C15H21ClN3O3+. The lowest BCUT2D eigenvalue weighted by molar-refractivity contribution is -0.897. The van der Waals surface area contributed by atoms with Gasteiger partial charge in [0.15, 0.2) is 6.54 Å². The zero-order chi connectivity index (χ0) is 16.1. The summed E-state index contributed by atoms with van der Waals surface area (Å²) < 4.78 is 5.20. The molecule has 0 aromatic heterocycles. The second-order valence-electron chi connectivity index (χ2n) is 5.50. The van der Waals surface area contributed by atoms with Crippen LogP contribution in [-0.2, 0) is 9.59 Å². The standard InChI is InChI=1S/C15H20ClN3O3/c1-22-13-3-2-11(16)8-12(13)18-14(20)9-19-6-4-10(5-7-19)15(17)21/h2-3,8,10H,4-7,9H2,1H3,(H2,17,21)(H,18,20)/p+1. The number of amides is 2. The number of nitrogens with two attached hydrogens (primary N) is 1. The summed E-state index contributed by atoms with van der Waals surface area (Å²) in [5.74, 6) is 0.167. The van der Waals surface area contributed by atoms with Gasteiger partial charge in [-0.3, -0.25) is 9.59 Å². The lowest BCUT2D eigenvalue weighted by atomic mass is 9.96. The number of carbonyl (C=O) groups is 2. The summed E-state index contributed by atoms with van der Waals surface area (Å²) >= 11 is 5.94. The highest BCUT2D eigenvalue weighted by Gasteiger charge is 2.27. The number of quaternary nitrogens is 1. The van der Waals surface area contributed by atoms with Crippen LogP contribution >= 0.6 is 11.6 Å². The Balaban J connectivity index is 1.89. The summed E-state index contributed by atoms with van der Waals surface area (Å²) in [5.41, 5.74) is 5.87. The number of hydrogen-bond acceptors (Lipinski definition) is 3. The van der Waals surface area contributed by atoms with Gasteiger partial charge in [-0.2, -0.15) is 0 Å². The normalized spacial score (nSPS) is 21.2. The number of ether oxygens (including phenoxy) is 1. The van der Waals surface area contributed by atoms with Crippen LogP contribution in [0, 0.1) is 5.92 Å². The number of carbonyl (C=O) groups excluding carboxylic acids is 2. The SMILES string of the molecule is COc1ccc(Cl)cc1NC(=O)C[NH+]1CCC(C(N)=O)CC1. The van der Waals surface area contributed by atoms with E-state index in [4.69, 9.17) is 22.1 Å². The van der Waals surface area contributed by atoms with Crippen LogP contribution in [0.2, 0.25) is 5.02 Å². The van der Waals surface area contributed by atoms with Crippen LogP contribution in [0.25, 0.3) is 0 Å². The van der Waals surface area contributed by atoms with E-state index in [1.807, 2.05) is 0 Å². The highest BCUT2D eigenvalue weighted by Crippen LogP contribution is 2.27. The second-order valence-corrected chi connectivity index (χ2v) is 5.93. The van der Waals surface area contributed by atoms with E-state index < -0.39 is 0 Å². The van der Waals surface area contributed by atoms with E-state index in [0.717, 1.165) is 30.8 Å². The number of methoxy groups -OCH3 is 1. The fourth-order valence-corrected chi connectivity index (χ4v) is 2.86. The Hall–Kier alpha value is -1.79. The Morgan fingerprint density at radius 2 is 2.09 bits per heavy atom. The van der Waals surface area contributed by atoms with Crippen LogP contribution in [0.5, 0.6) is 5.75 Å². The molecule has 0 bridgehead atoms. The van der Waals surface area contributed by atoms with E-state index in [-0.39, 0.29) is 17.7 Å². The third-order valence-corrected chi connectivity index (χ3v) is 4.18. The molecule has 4 N–H and O–H groups in total. The average Bonchev–Trinajstić information content (AvgIpc) is 2.48. The fourth-order valence-electron chi connectivity index (χ4n) is 2.69. The third kappa shape index (κ3) is 4.35. The van der Waals surface area contributed by atoms with Crippen molar-refractivity contribution in [2.24, 2.45) is 11.7 Å². The van der Waals surface area contributed by atoms with Gasteiger partial charge >= 0.3 is 0 Å². The Kier molecular flexibility index (Phi) is 5.63. The number of anilines is 1. The predicted octanol–water partition coefficient (Wildman–Crippen LogP) is 0.0673. The summed E-state index contributed by atoms with van der Waals surface area (Å²) in [6.45, 7) is 1.89. The summed E-state index contributed by atoms with van der Waals surface area (Å²) in [4.78, 5) is 24.4. The van der Waals surface area contributed by atoms with Crippen molar-refractivity contribution in [2.75, 3.05) is 32.1 Å². The Labute approximate surface area is 134 Å². The maximum absolute atomic E-state index is 12.2. The van der Waals surface area contributed by atoms with Crippen LogP contribution < -0.4 is 20.7 Å². The topological polar surface area (TPSA) is 85.9 Å². The minimum absolute atomic E-state index is 0.0557. The molecule has 1 saturated heterocycles. The number of piperidine rings is 1. The van der Waals surface area contributed by atoms with Gasteiger partial charge in [-0.05, 0) is 18.2 Å². The van der Waals surface area contributed by atoms with Crippen molar-refractivity contribution in [3.8, 4) is 5.75 Å². The number of likely N-dealkylation sites (tertiary alicyclic amines) is 1. The number of hydrogen-bond donors (Lipinski definition) is 3. The van der Waals surface area contributed by atoms with Gasteiger partial charge in [0.05, 0.1) is 25.9 Å². The Morgan fingerprint density at radius 1 is 1.41 bits per heavy atom. The zero-order valence-corrected chi connectivity index (χ0v) is 13.3. The monoisotopic (exact) mass is 326 g/mol. The van der Waals surface area contributed by atoms with Crippen LogP contribution in [0.4, 0.5) is 5.69 Å². The van der Waals surface area contributed by atoms with Gasteiger partial charge in [0.25, 0.3) is 5.91 Å². The van der Waals surface area contributed by atoms with E-state index in [1.54, 1.807) is 25.3 Å². The van der Waals surface area contributed by atoms with E-state index in [2.05, 4.69) is 5.32 Å². The number of nitrogens with one attached hydrogen (secondary N) is 2. The van der Waals surface area contributed by atoms with Crippen LogP contribution in [0.3, 0.4) is 0 Å². The number of benzene rings is 1. The smallest absolute Gasteiger partial charge is 0.279 e. The molecule has 1 aromatic rings. The lowest BCUT2D eigenvalue weighted by Crippen LogP contribution is -3.14. The predicted molar refractivity (Wildman–Crippen MR) is 84.1 cm³/mol.